The van der Waals surface area contributed by atoms with Crippen molar-refractivity contribution in [2.24, 2.45) is 0 Å². The van der Waals surface area contributed by atoms with Crippen LogP contribution in [0.25, 0.3) is 0 Å². The molecule has 0 radical (unpaired) electrons. The van der Waals surface area contributed by atoms with Crippen molar-refractivity contribution in [3.05, 3.63) is 43.7 Å². The zero-order valence-electron chi connectivity index (χ0n) is 9.81. The predicted octanol–water partition coefficient (Wildman–Crippen LogP) is 2.42. The quantitative estimate of drug-likeness (QED) is 0.824. The summed E-state index contributed by atoms with van der Waals surface area (Å²) in [6.45, 7) is 3.41. The molecule has 0 aromatic carbocycles. The van der Waals surface area contributed by atoms with Gasteiger partial charge in [0.2, 0.25) is 0 Å². The number of halogens is 2. The van der Waals surface area contributed by atoms with E-state index in [4.69, 9.17) is 0 Å². The van der Waals surface area contributed by atoms with E-state index in [0.717, 1.165) is 18.7 Å². The normalized spacial score (nSPS) is 10.8. The summed E-state index contributed by atoms with van der Waals surface area (Å²) in [7, 11) is 0. The average Bonchev–Trinajstić information content (AvgIpc) is 2.78. The summed E-state index contributed by atoms with van der Waals surface area (Å²) in [6, 6.07) is 0. The van der Waals surface area contributed by atoms with E-state index in [0.29, 0.717) is 15.5 Å². The highest BCUT2D eigenvalue weighted by Crippen LogP contribution is 2.16. The molecule has 96 valence electrons. The smallest absolute Gasteiger partial charge is 0.282 e. The van der Waals surface area contributed by atoms with E-state index in [1.54, 1.807) is 18.7 Å². The van der Waals surface area contributed by atoms with Gasteiger partial charge in [0.25, 0.3) is 5.56 Å². The Bertz CT molecular complexity index is 605. The van der Waals surface area contributed by atoms with Crippen LogP contribution in [-0.2, 0) is 13.1 Å². The third-order valence-electron chi connectivity index (χ3n) is 2.52. The minimum Gasteiger partial charge on any atom is -0.333 e. The molecule has 0 saturated carbocycles. The molecular weight excluding hydrogens is 364 g/mol. The Morgan fingerprint density at radius 1 is 1.33 bits per heavy atom. The molecule has 0 aliphatic carbocycles. The van der Waals surface area contributed by atoms with Gasteiger partial charge in [-0.3, -0.25) is 4.79 Å². The summed E-state index contributed by atoms with van der Waals surface area (Å²) in [6.07, 6.45) is 6.17. The maximum absolute atomic E-state index is 12.0. The lowest BCUT2D eigenvalue weighted by Crippen LogP contribution is -2.25. The first-order chi connectivity index (χ1) is 8.63. The molecule has 0 spiro atoms. The zero-order valence-corrected chi connectivity index (χ0v) is 13.0. The van der Waals surface area contributed by atoms with Crippen LogP contribution in [0.5, 0.6) is 0 Å². The molecule has 0 atom stereocenters. The SMILES string of the molecule is CCCn1cncc1Cn1ncc(Br)c(Br)c1=O. The monoisotopic (exact) mass is 374 g/mol. The molecule has 5 nitrogen and oxygen atoms in total. The van der Waals surface area contributed by atoms with Crippen LogP contribution in [0.3, 0.4) is 0 Å². The average molecular weight is 376 g/mol. The van der Waals surface area contributed by atoms with E-state index in [-0.39, 0.29) is 5.56 Å². The van der Waals surface area contributed by atoms with E-state index in [1.165, 1.54) is 4.68 Å². The molecule has 2 rings (SSSR count). The lowest BCUT2D eigenvalue weighted by atomic mass is 10.4. The topological polar surface area (TPSA) is 52.7 Å². The first-order valence-electron chi connectivity index (χ1n) is 5.53. The van der Waals surface area contributed by atoms with Crippen LogP contribution in [0, 0.1) is 0 Å². The molecule has 0 amide bonds. The van der Waals surface area contributed by atoms with Crippen LogP contribution in [0.4, 0.5) is 0 Å². The Balaban J connectivity index is 2.32. The zero-order chi connectivity index (χ0) is 13.1. The van der Waals surface area contributed by atoms with Gasteiger partial charge in [0, 0.05) is 6.54 Å². The van der Waals surface area contributed by atoms with Gasteiger partial charge in [0.15, 0.2) is 0 Å². The number of nitrogens with zero attached hydrogens (tertiary/aromatic N) is 4. The third kappa shape index (κ3) is 2.72. The number of aromatic nitrogens is 4. The third-order valence-corrected chi connectivity index (χ3v) is 4.42. The number of hydrogen-bond donors (Lipinski definition) is 0. The van der Waals surface area contributed by atoms with Crippen molar-refractivity contribution in [2.45, 2.75) is 26.4 Å². The summed E-state index contributed by atoms with van der Waals surface area (Å²) >= 11 is 6.50. The van der Waals surface area contributed by atoms with Crippen molar-refractivity contribution in [1.29, 1.82) is 0 Å². The summed E-state index contributed by atoms with van der Waals surface area (Å²) in [5.41, 5.74) is 0.814. The van der Waals surface area contributed by atoms with Gasteiger partial charge in [-0.05, 0) is 38.3 Å². The van der Waals surface area contributed by atoms with Crippen LogP contribution in [0.1, 0.15) is 19.0 Å². The second-order valence-corrected chi connectivity index (χ2v) is 5.49. The van der Waals surface area contributed by atoms with Crippen LogP contribution >= 0.6 is 31.9 Å². The highest BCUT2D eigenvalue weighted by Gasteiger charge is 2.09. The summed E-state index contributed by atoms with van der Waals surface area (Å²) in [5.74, 6) is 0. The minimum absolute atomic E-state index is 0.159. The highest BCUT2D eigenvalue weighted by molar-refractivity contribution is 9.13. The van der Waals surface area contributed by atoms with E-state index < -0.39 is 0 Å². The largest absolute Gasteiger partial charge is 0.333 e. The van der Waals surface area contributed by atoms with Gasteiger partial charge in [-0.15, -0.1) is 0 Å². The molecule has 2 heterocycles. The fourth-order valence-electron chi connectivity index (χ4n) is 1.63. The maximum Gasteiger partial charge on any atom is 0.282 e. The van der Waals surface area contributed by atoms with E-state index >= 15 is 0 Å². The second-order valence-electron chi connectivity index (χ2n) is 3.85. The Hall–Kier alpha value is -0.950. The fraction of sp³-hybridized carbons (Fsp3) is 0.364. The van der Waals surface area contributed by atoms with Gasteiger partial charge < -0.3 is 4.57 Å². The van der Waals surface area contributed by atoms with Gasteiger partial charge in [0.05, 0.1) is 35.4 Å². The Morgan fingerprint density at radius 3 is 2.83 bits per heavy atom. The van der Waals surface area contributed by atoms with Gasteiger partial charge >= 0.3 is 0 Å². The van der Waals surface area contributed by atoms with Crippen molar-refractivity contribution >= 4 is 31.9 Å². The molecule has 0 fully saturated rings. The van der Waals surface area contributed by atoms with Crippen LogP contribution in [0.2, 0.25) is 0 Å². The molecule has 0 unspecified atom stereocenters. The predicted molar refractivity (Wildman–Crippen MR) is 75.5 cm³/mol. The Morgan fingerprint density at radius 2 is 2.11 bits per heavy atom. The molecule has 0 saturated heterocycles. The van der Waals surface area contributed by atoms with E-state index in [1.807, 2.05) is 4.57 Å². The summed E-state index contributed by atoms with van der Waals surface area (Å²) in [4.78, 5) is 16.1. The molecule has 18 heavy (non-hydrogen) atoms. The Labute approximate surface area is 121 Å². The molecular formula is C11H12Br2N4O. The van der Waals surface area contributed by atoms with Gasteiger partial charge in [-0.1, -0.05) is 6.92 Å². The fourth-order valence-corrected chi connectivity index (χ4v) is 2.20. The van der Waals surface area contributed by atoms with Crippen molar-refractivity contribution in [2.75, 3.05) is 0 Å². The molecule has 0 bridgehead atoms. The number of imidazole rings is 1. The molecule has 0 N–H and O–H groups in total. The van der Waals surface area contributed by atoms with E-state index in [9.17, 15) is 4.79 Å². The standard InChI is InChI=1S/C11H12Br2N4O/c1-2-3-16-7-14-4-8(16)6-17-11(18)10(13)9(12)5-15-17/h4-5,7H,2-3,6H2,1H3. The van der Waals surface area contributed by atoms with Crippen LogP contribution in [0.15, 0.2) is 32.5 Å². The molecule has 7 heteroatoms. The first-order valence-corrected chi connectivity index (χ1v) is 7.12. The molecule has 2 aromatic rings. The number of rotatable bonds is 4. The van der Waals surface area contributed by atoms with Crippen molar-refractivity contribution in [3.8, 4) is 0 Å². The summed E-state index contributed by atoms with van der Waals surface area (Å²) in [5, 5.41) is 4.10. The Kier molecular flexibility index (Phi) is 4.34. The molecule has 0 aliphatic heterocycles. The van der Waals surface area contributed by atoms with Crippen LogP contribution in [-0.4, -0.2) is 19.3 Å². The van der Waals surface area contributed by atoms with Gasteiger partial charge in [-0.2, -0.15) is 5.10 Å². The highest BCUT2D eigenvalue weighted by atomic mass is 79.9. The lowest BCUT2D eigenvalue weighted by Gasteiger charge is -2.08. The van der Waals surface area contributed by atoms with Crippen molar-refractivity contribution in [1.82, 2.24) is 19.3 Å². The van der Waals surface area contributed by atoms with Crippen molar-refractivity contribution in [3.63, 3.8) is 0 Å². The second kappa shape index (κ2) is 5.79. The van der Waals surface area contributed by atoms with Gasteiger partial charge in [0.1, 0.15) is 4.47 Å². The van der Waals surface area contributed by atoms with Crippen LogP contribution < -0.4 is 5.56 Å². The first kappa shape index (κ1) is 13.5. The number of hydrogen-bond acceptors (Lipinski definition) is 3. The van der Waals surface area contributed by atoms with Gasteiger partial charge in [-0.25, -0.2) is 9.67 Å². The summed E-state index contributed by atoms with van der Waals surface area (Å²) < 4.78 is 4.59. The van der Waals surface area contributed by atoms with Crippen molar-refractivity contribution < 1.29 is 0 Å². The van der Waals surface area contributed by atoms with E-state index in [2.05, 4.69) is 48.9 Å². The molecule has 2 aromatic heterocycles. The minimum atomic E-state index is -0.159. The number of aryl methyl sites for hydroxylation is 1. The molecule has 0 aliphatic rings. The lowest BCUT2D eigenvalue weighted by molar-refractivity contribution is 0.573. The maximum atomic E-state index is 12.0.